The molecule has 0 aliphatic rings. The molecule has 6 nitrogen and oxygen atoms in total. The zero-order valence-corrected chi connectivity index (χ0v) is 11.7. The number of hydrogen-bond donors (Lipinski definition) is 2. The zero-order chi connectivity index (χ0) is 15.0. The number of benzene rings is 1. The van der Waals surface area contributed by atoms with Gasteiger partial charge in [0.15, 0.2) is 6.61 Å². The number of imide groups is 1. The van der Waals surface area contributed by atoms with Crippen LogP contribution in [-0.4, -0.2) is 25.1 Å². The largest absolute Gasteiger partial charge is 0.482 e. The van der Waals surface area contributed by atoms with Crippen molar-refractivity contribution in [3.63, 3.8) is 0 Å². The molecule has 0 spiro atoms. The first-order chi connectivity index (χ1) is 9.56. The lowest BCUT2D eigenvalue weighted by atomic mass is 10.2. The second kappa shape index (κ2) is 8.02. The van der Waals surface area contributed by atoms with Gasteiger partial charge in [-0.25, -0.2) is 4.79 Å². The first-order valence-corrected chi connectivity index (χ1v) is 6.34. The van der Waals surface area contributed by atoms with Crippen LogP contribution in [0.2, 0.25) is 5.02 Å². The Kier molecular flexibility index (Phi) is 6.33. The predicted molar refractivity (Wildman–Crippen MR) is 73.5 cm³/mol. The standard InChI is InChI=1S/C13H14ClN3O3/c1-2-5-16-13(19)17-12(18)8-20-11-4-3-9(7-15)6-10(11)14/h3-4,6H,2,5,8H2,1H3,(H2,16,17,18,19). The molecule has 3 amide bonds. The average Bonchev–Trinajstić information content (AvgIpc) is 2.43. The third-order valence-electron chi connectivity index (χ3n) is 2.21. The summed E-state index contributed by atoms with van der Waals surface area (Å²) in [5.74, 6) is -0.311. The molecular weight excluding hydrogens is 282 g/mol. The van der Waals surface area contributed by atoms with Crippen LogP contribution < -0.4 is 15.4 Å². The van der Waals surface area contributed by atoms with Crippen LogP contribution in [0.15, 0.2) is 18.2 Å². The van der Waals surface area contributed by atoms with E-state index < -0.39 is 11.9 Å². The zero-order valence-electron chi connectivity index (χ0n) is 10.9. The van der Waals surface area contributed by atoms with E-state index in [0.717, 1.165) is 6.42 Å². The molecule has 0 atom stereocenters. The van der Waals surface area contributed by atoms with Gasteiger partial charge >= 0.3 is 6.03 Å². The topological polar surface area (TPSA) is 91.2 Å². The minimum atomic E-state index is -0.584. The Hall–Kier alpha value is -2.26. The number of nitrogens with zero attached hydrogens (tertiary/aromatic N) is 1. The number of ether oxygens (including phenoxy) is 1. The van der Waals surface area contributed by atoms with E-state index in [0.29, 0.717) is 12.1 Å². The SMILES string of the molecule is CCCNC(=O)NC(=O)COc1ccc(C#N)cc1Cl. The number of nitrogens with one attached hydrogen (secondary N) is 2. The van der Waals surface area contributed by atoms with Gasteiger partial charge in [-0.15, -0.1) is 0 Å². The fourth-order valence-corrected chi connectivity index (χ4v) is 1.51. The van der Waals surface area contributed by atoms with Gasteiger partial charge in [-0.05, 0) is 24.6 Å². The van der Waals surface area contributed by atoms with Gasteiger partial charge < -0.3 is 10.1 Å². The molecule has 1 aromatic carbocycles. The molecule has 0 heterocycles. The number of carbonyl (C=O) groups is 2. The number of urea groups is 1. The van der Waals surface area contributed by atoms with Gasteiger partial charge in [0.1, 0.15) is 5.75 Å². The predicted octanol–water partition coefficient (Wildman–Crippen LogP) is 1.83. The average molecular weight is 296 g/mol. The summed E-state index contributed by atoms with van der Waals surface area (Å²) in [4.78, 5) is 22.6. The molecule has 0 bridgehead atoms. The van der Waals surface area contributed by atoms with E-state index in [2.05, 4.69) is 10.6 Å². The van der Waals surface area contributed by atoms with Gasteiger partial charge in [-0.2, -0.15) is 5.26 Å². The minimum Gasteiger partial charge on any atom is -0.482 e. The van der Waals surface area contributed by atoms with Crippen molar-refractivity contribution in [2.45, 2.75) is 13.3 Å². The third kappa shape index (κ3) is 5.16. The molecule has 1 rings (SSSR count). The Labute approximate surface area is 121 Å². The van der Waals surface area contributed by atoms with Crippen LogP contribution in [0.25, 0.3) is 0 Å². The van der Waals surface area contributed by atoms with Crippen LogP contribution in [-0.2, 0) is 4.79 Å². The number of carbonyl (C=O) groups excluding carboxylic acids is 2. The van der Waals surface area contributed by atoms with Crippen molar-refractivity contribution in [2.75, 3.05) is 13.2 Å². The first-order valence-electron chi connectivity index (χ1n) is 5.97. The van der Waals surface area contributed by atoms with E-state index in [1.165, 1.54) is 18.2 Å². The summed E-state index contributed by atoms with van der Waals surface area (Å²) in [5, 5.41) is 13.5. The summed E-state index contributed by atoms with van der Waals surface area (Å²) < 4.78 is 5.17. The molecule has 0 aromatic heterocycles. The fourth-order valence-electron chi connectivity index (χ4n) is 1.28. The van der Waals surface area contributed by atoms with Gasteiger partial charge in [-0.1, -0.05) is 18.5 Å². The summed E-state index contributed by atoms with van der Waals surface area (Å²) in [7, 11) is 0. The molecule has 2 N–H and O–H groups in total. The highest BCUT2D eigenvalue weighted by Crippen LogP contribution is 2.24. The van der Waals surface area contributed by atoms with E-state index in [-0.39, 0.29) is 17.4 Å². The first kappa shape index (κ1) is 15.8. The smallest absolute Gasteiger partial charge is 0.321 e. The van der Waals surface area contributed by atoms with Gasteiger partial charge in [0.2, 0.25) is 0 Å². The lowest BCUT2D eigenvalue weighted by Gasteiger charge is -2.08. The highest BCUT2D eigenvalue weighted by molar-refractivity contribution is 6.32. The van der Waals surface area contributed by atoms with E-state index in [9.17, 15) is 9.59 Å². The second-order valence-electron chi connectivity index (χ2n) is 3.85. The number of rotatable bonds is 5. The summed E-state index contributed by atoms with van der Waals surface area (Å²) in [6.45, 7) is 2.05. The van der Waals surface area contributed by atoms with Gasteiger partial charge in [0.05, 0.1) is 16.7 Å². The molecule has 0 saturated heterocycles. The number of nitriles is 1. The molecule has 0 fully saturated rings. The highest BCUT2D eigenvalue weighted by Gasteiger charge is 2.09. The quantitative estimate of drug-likeness (QED) is 0.867. The molecule has 0 saturated carbocycles. The van der Waals surface area contributed by atoms with Crippen LogP contribution >= 0.6 is 11.6 Å². The van der Waals surface area contributed by atoms with Crippen LogP contribution in [0.4, 0.5) is 4.79 Å². The summed E-state index contributed by atoms with van der Waals surface area (Å²) in [5.41, 5.74) is 0.394. The Morgan fingerprint density at radius 3 is 2.80 bits per heavy atom. The van der Waals surface area contributed by atoms with Crippen molar-refractivity contribution in [3.05, 3.63) is 28.8 Å². The van der Waals surface area contributed by atoms with Crippen molar-refractivity contribution in [1.29, 1.82) is 5.26 Å². The third-order valence-corrected chi connectivity index (χ3v) is 2.50. The molecule has 0 aliphatic heterocycles. The molecule has 0 unspecified atom stereocenters. The van der Waals surface area contributed by atoms with Crippen molar-refractivity contribution in [3.8, 4) is 11.8 Å². The summed E-state index contributed by atoms with van der Waals surface area (Å²) in [6, 6.07) is 5.82. The van der Waals surface area contributed by atoms with E-state index >= 15 is 0 Å². The summed E-state index contributed by atoms with van der Waals surface area (Å²) in [6.07, 6.45) is 0.777. The molecule has 0 radical (unpaired) electrons. The van der Waals surface area contributed by atoms with E-state index in [4.69, 9.17) is 21.6 Å². The minimum absolute atomic E-state index is 0.229. The number of hydrogen-bond acceptors (Lipinski definition) is 4. The van der Waals surface area contributed by atoms with Gasteiger partial charge in [0.25, 0.3) is 5.91 Å². The lowest BCUT2D eigenvalue weighted by Crippen LogP contribution is -2.41. The van der Waals surface area contributed by atoms with Crippen LogP contribution in [0.1, 0.15) is 18.9 Å². The van der Waals surface area contributed by atoms with E-state index in [1.807, 2.05) is 13.0 Å². The van der Waals surface area contributed by atoms with Gasteiger partial charge in [0, 0.05) is 6.54 Å². The van der Waals surface area contributed by atoms with E-state index in [1.54, 1.807) is 0 Å². The summed E-state index contributed by atoms with van der Waals surface area (Å²) >= 11 is 5.88. The fraction of sp³-hybridized carbons (Fsp3) is 0.308. The molecule has 7 heteroatoms. The molecule has 106 valence electrons. The molecular formula is C13H14ClN3O3. The van der Waals surface area contributed by atoms with Gasteiger partial charge in [-0.3, -0.25) is 10.1 Å². The van der Waals surface area contributed by atoms with Crippen LogP contribution in [0.5, 0.6) is 5.75 Å². The monoisotopic (exact) mass is 295 g/mol. The Bertz CT molecular complexity index is 540. The maximum atomic E-state index is 11.4. The maximum Gasteiger partial charge on any atom is 0.321 e. The van der Waals surface area contributed by atoms with Crippen molar-refractivity contribution < 1.29 is 14.3 Å². The normalized spacial score (nSPS) is 9.45. The van der Waals surface area contributed by atoms with Crippen molar-refractivity contribution >= 4 is 23.5 Å². The Balaban J connectivity index is 2.45. The second-order valence-corrected chi connectivity index (χ2v) is 4.26. The van der Waals surface area contributed by atoms with Crippen LogP contribution in [0.3, 0.4) is 0 Å². The number of halogens is 1. The van der Waals surface area contributed by atoms with Crippen molar-refractivity contribution in [2.24, 2.45) is 0 Å². The Morgan fingerprint density at radius 1 is 1.45 bits per heavy atom. The molecule has 20 heavy (non-hydrogen) atoms. The van der Waals surface area contributed by atoms with Crippen LogP contribution in [0, 0.1) is 11.3 Å². The van der Waals surface area contributed by atoms with Crippen molar-refractivity contribution in [1.82, 2.24) is 10.6 Å². The lowest BCUT2D eigenvalue weighted by molar-refractivity contribution is -0.122. The molecule has 0 aliphatic carbocycles. The highest BCUT2D eigenvalue weighted by atomic mass is 35.5. The maximum absolute atomic E-state index is 11.4. The Morgan fingerprint density at radius 2 is 2.20 bits per heavy atom. The number of amides is 3. The molecule has 1 aromatic rings.